The third-order valence-electron chi connectivity index (χ3n) is 4.23. The van der Waals surface area contributed by atoms with Gasteiger partial charge in [0.05, 0.1) is 19.1 Å². The molecule has 2 aliphatic heterocycles. The molecular weight excluding hydrogens is 334 g/mol. The van der Waals surface area contributed by atoms with Gasteiger partial charge in [0.25, 0.3) is 0 Å². The number of esters is 2. The summed E-state index contributed by atoms with van der Waals surface area (Å²) >= 11 is 0. The van der Waals surface area contributed by atoms with Crippen LogP contribution in [-0.4, -0.2) is 67.7 Å². The summed E-state index contributed by atoms with van der Waals surface area (Å²) in [5.41, 5.74) is 0. The number of aliphatic hydroxyl groups excluding tert-OH is 1. The molecule has 1 unspecified atom stereocenters. The Morgan fingerprint density at radius 2 is 2.00 bits per heavy atom. The minimum absolute atomic E-state index is 0.0719. The zero-order valence-electron chi connectivity index (χ0n) is 14.5. The number of hydrogen-bond donors (Lipinski definition) is 1. The normalized spacial score (nSPS) is 29.2. The highest BCUT2D eigenvalue weighted by molar-refractivity contribution is 6.76. The lowest BCUT2D eigenvalue weighted by Crippen LogP contribution is -2.49. The van der Waals surface area contributed by atoms with E-state index in [-0.39, 0.29) is 19.6 Å². The quantitative estimate of drug-likeness (QED) is 0.443. The van der Waals surface area contributed by atoms with Crippen molar-refractivity contribution < 1.29 is 33.7 Å². The monoisotopic (exact) mass is 359 g/mol. The predicted molar refractivity (Wildman–Crippen MR) is 85.8 cm³/mol. The van der Waals surface area contributed by atoms with Gasteiger partial charge in [-0.15, -0.1) is 0 Å². The first kappa shape index (κ1) is 18.7. The fourth-order valence-electron chi connectivity index (χ4n) is 2.96. The fraction of sp³-hybridized carbons (Fsp3) is 0.800. The van der Waals surface area contributed by atoms with Crippen LogP contribution < -0.4 is 0 Å². The highest BCUT2D eigenvalue weighted by Crippen LogP contribution is 2.39. The van der Waals surface area contributed by atoms with Gasteiger partial charge in [0.15, 0.2) is 0 Å². The standard InChI is InChI=1S/C15H25NO7Si/c1-5-21-13(18)10-8-9-11(14(19)23-12(9)17)16(10)15(20)22-6-7-24(2,3)4/h9-11,14,19H,5-8H2,1-4H3/t9-,10-,11+,14?/m1/s1. The molecule has 9 heteroatoms. The molecule has 8 nitrogen and oxygen atoms in total. The van der Waals surface area contributed by atoms with Gasteiger partial charge in [-0.2, -0.15) is 0 Å². The van der Waals surface area contributed by atoms with Crippen molar-refractivity contribution >= 4 is 26.1 Å². The first-order valence-electron chi connectivity index (χ1n) is 8.16. The van der Waals surface area contributed by atoms with Crippen LogP contribution in [-0.2, 0) is 23.8 Å². The molecule has 2 heterocycles. The molecule has 0 aliphatic carbocycles. The van der Waals surface area contributed by atoms with E-state index in [9.17, 15) is 19.5 Å². The van der Waals surface area contributed by atoms with Gasteiger partial charge in [0.2, 0.25) is 6.29 Å². The Morgan fingerprint density at radius 3 is 2.58 bits per heavy atom. The van der Waals surface area contributed by atoms with Gasteiger partial charge in [-0.3, -0.25) is 9.69 Å². The highest BCUT2D eigenvalue weighted by Gasteiger charge is 2.59. The van der Waals surface area contributed by atoms with Crippen LogP contribution in [0.15, 0.2) is 0 Å². The van der Waals surface area contributed by atoms with Gasteiger partial charge >= 0.3 is 18.0 Å². The SMILES string of the molecule is CCOC(=O)[C@H]1C[C@H]2C(=O)OC(O)[C@H]2N1C(=O)OCC[Si](C)(C)C. The average molecular weight is 359 g/mol. The number of carbonyl (C=O) groups is 3. The molecule has 4 atom stereocenters. The fourth-order valence-corrected chi connectivity index (χ4v) is 3.67. The minimum Gasteiger partial charge on any atom is -0.464 e. The van der Waals surface area contributed by atoms with Crippen molar-refractivity contribution in [3.8, 4) is 0 Å². The van der Waals surface area contributed by atoms with Crippen molar-refractivity contribution in [3.05, 3.63) is 0 Å². The summed E-state index contributed by atoms with van der Waals surface area (Å²) in [6.07, 6.45) is -2.11. The Balaban J connectivity index is 2.12. The Bertz CT molecular complexity index is 518. The van der Waals surface area contributed by atoms with Gasteiger partial charge < -0.3 is 19.3 Å². The van der Waals surface area contributed by atoms with Crippen LogP contribution in [0.3, 0.4) is 0 Å². The number of hydrogen-bond acceptors (Lipinski definition) is 7. The van der Waals surface area contributed by atoms with Gasteiger partial charge in [0.1, 0.15) is 12.1 Å². The van der Waals surface area contributed by atoms with E-state index in [1.54, 1.807) is 6.92 Å². The zero-order valence-corrected chi connectivity index (χ0v) is 15.5. The topological polar surface area (TPSA) is 102 Å². The molecule has 0 radical (unpaired) electrons. The van der Waals surface area contributed by atoms with Crippen LogP contribution in [0, 0.1) is 5.92 Å². The van der Waals surface area contributed by atoms with Gasteiger partial charge in [-0.1, -0.05) is 19.6 Å². The molecule has 2 aliphatic rings. The van der Waals surface area contributed by atoms with Crippen LogP contribution in [0.25, 0.3) is 0 Å². The summed E-state index contributed by atoms with van der Waals surface area (Å²) in [5, 5.41) is 9.94. The second-order valence-corrected chi connectivity index (χ2v) is 12.9. The smallest absolute Gasteiger partial charge is 0.410 e. The molecule has 0 bridgehead atoms. The molecule has 2 saturated heterocycles. The Hall–Kier alpha value is -1.61. The number of carbonyl (C=O) groups excluding carboxylic acids is 3. The van der Waals surface area contributed by atoms with Crippen molar-refractivity contribution in [3.63, 3.8) is 0 Å². The lowest BCUT2D eigenvalue weighted by Gasteiger charge is -2.28. The Morgan fingerprint density at radius 1 is 1.33 bits per heavy atom. The third kappa shape index (κ3) is 3.89. The van der Waals surface area contributed by atoms with Gasteiger partial charge in [-0.05, 0) is 19.4 Å². The number of aliphatic hydroxyl groups is 1. The maximum atomic E-state index is 12.5. The molecule has 24 heavy (non-hydrogen) atoms. The number of nitrogens with zero attached hydrogens (tertiary/aromatic N) is 1. The number of rotatable bonds is 5. The second kappa shape index (κ2) is 7.10. The highest BCUT2D eigenvalue weighted by atomic mass is 28.3. The number of likely N-dealkylation sites (tertiary alicyclic amines) is 1. The Labute approximate surface area is 142 Å². The summed E-state index contributed by atoms with van der Waals surface area (Å²) in [4.78, 5) is 37.5. The van der Waals surface area contributed by atoms with Crippen molar-refractivity contribution in [2.24, 2.45) is 5.92 Å². The van der Waals surface area contributed by atoms with Crippen molar-refractivity contribution in [1.82, 2.24) is 4.90 Å². The number of cyclic esters (lactones) is 1. The summed E-state index contributed by atoms with van der Waals surface area (Å²) in [6, 6.07) is -1.07. The lowest BCUT2D eigenvalue weighted by molar-refractivity contribution is -0.161. The van der Waals surface area contributed by atoms with E-state index in [0.29, 0.717) is 0 Å². The number of ether oxygens (including phenoxy) is 3. The van der Waals surface area contributed by atoms with E-state index in [4.69, 9.17) is 14.2 Å². The summed E-state index contributed by atoms with van der Waals surface area (Å²) < 4.78 is 15.1. The number of amides is 1. The maximum Gasteiger partial charge on any atom is 0.410 e. The Kier molecular flexibility index (Phi) is 5.54. The molecule has 2 fully saturated rings. The molecule has 1 amide bonds. The predicted octanol–water partition coefficient (Wildman–Crippen LogP) is 0.959. The molecule has 0 spiro atoms. The van der Waals surface area contributed by atoms with Crippen molar-refractivity contribution in [2.45, 2.75) is 57.4 Å². The molecule has 2 rings (SSSR count). The molecule has 0 saturated carbocycles. The molecule has 0 aromatic heterocycles. The third-order valence-corrected chi connectivity index (χ3v) is 5.93. The van der Waals surface area contributed by atoms with Gasteiger partial charge in [0, 0.05) is 8.07 Å². The van der Waals surface area contributed by atoms with Crippen LogP contribution in [0.4, 0.5) is 4.79 Å². The summed E-state index contributed by atoms with van der Waals surface area (Å²) in [5.74, 6) is -1.95. The first-order chi connectivity index (χ1) is 11.2. The van der Waals surface area contributed by atoms with Crippen LogP contribution in [0.1, 0.15) is 13.3 Å². The van der Waals surface area contributed by atoms with E-state index in [0.717, 1.165) is 10.9 Å². The molecule has 0 aromatic carbocycles. The van der Waals surface area contributed by atoms with E-state index in [1.165, 1.54) is 0 Å². The zero-order chi connectivity index (χ0) is 18.1. The molecule has 0 aromatic rings. The molecule has 1 N–H and O–H groups in total. The van der Waals surface area contributed by atoms with E-state index >= 15 is 0 Å². The molecular formula is C15H25NO7Si. The van der Waals surface area contributed by atoms with Crippen molar-refractivity contribution in [2.75, 3.05) is 13.2 Å². The first-order valence-corrected chi connectivity index (χ1v) is 11.9. The number of fused-ring (bicyclic) bond motifs is 1. The van der Waals surface area contributed by atoms with Gasteiger partial charge in [-0.25, -0.2) is 9.59 Å². The van der Waals surface area contributed by atoms with Crippen LogP contribution >= 0.6 is 0 Å². The average Bonchev–Trinajstić information content (AvgIpc) is 2.97. The minimum atomic E-state index is -1.45. The van der Waals surface area contributed by atoms with E-state index in [1.807, 2.05) is 0 Å². The van der Waals surface area contributed by atoms with E-state index in [2.05, 4.69) is 19.6 Å². The largest absolute Gasteiger partial charge is 0.464 e. The van der Waals surface area contributed by atoms with Crippen molar-refractivity contribution in [1.29, 1.82) is 0 Å². The summed E-state index contributed by atoms with van der Waals surface area (Å²) in [7, 11) is -1.38. The maximum absolute atomic E-state index is 12.5. The lowest BCUT2D eigenvalue weighted by atomic mass is 10.0. The second-order valence-electron chi connectivity index (χ2n) is 7.26. The van der Waals surface area contributed by atoms with E-state index < -0.39 is 50.4 Å². The summed E-state index contributed by atoms with van der Waals surface area (Å²) in [6.45, 7) is 8.52. The molecule has 136 valence electrons. The van der Waals surface area contributed by atoms with Crippen LogP contribution in [0.5, 0.6) is 0 Å². The van der Waals surface area contributed by atoms with Crippen LogP contribution in [0.2, 0.25) is 25.7 Å².